The third kappa shape index (κ3) is 3.07. The summed E-state index contributed by atoms with van der Waals surface area (Å²) in [6.07, 6.45) is 1.72. The molecule has 0 amide bonds. The molecule has 0 aliphatic carbocycles. The van der Waals surface area contributed by atoms with E-state index in [1.54, 1.807) is 0 Å². The van der Waals surface area contributed by atoms with Crippen LogP contribution in [0, 0.1) is 0 Å². The highest BCUT2D eigenvalue weighted by Crippen LogP contribution is 2.19. The maximum absolute atomic E-state index is 11.1. The largest absolute Gasteiger partial charge is 0.462 e. The van der Waals surface area contributed by atoms with E-state index in [1.165, 1.54) is 5.56 Å². The lowest BCUT2D eigenvalue weighted by molar-refractivity contribution is -0.160. The summed E-state index contributed by atoms with van der Waals surface area (Å²) in [5.74, 6) is -0.281. The van der Waals surface area contributed by atoms with E-state index in [9.17, 15) is 9.90 Å². The van der Waals surface area contributed by atoms with Gasteiger partial charge in [-0.15, -0.1) is 0 Å². The third-order valence-corrected chi connectivity index (χ3v) is 2.83. The summed E-state index contributed by atoms with van der Waals surface area (Å²) in [5, 5.41) is 9.45. The summed E-state index contributed by atoms with van der Waals surface area (Å²) in [4.78, 5) is 11.1. The zero-order chi connectivity index (χ0) is 11.4. The second kappa shape index (κ2) is 5.12. The first-order valence-electron chi connectivity index (χ1n) is 5.65. The average Bonchev–Trinajstić information content (AvgIpc) is 2.27. The highest BCUT2D eigenvalue weighted by atomic mass is 16.5. The van der Waals surface area contributed by atoms with E-state index in [4.69, 9.17) is 4.74 Å². The molecule has 1 aromatic carbocycles. The predicted molar refractivity (Wildman–Crippen MR) is 59.9 cm³/mol. The number of aryl methyl sites for hydroxylation is 1. The Kier molecular flexibility index (Phi) is 3.57. The van der Waals surface area contributed by atoms with E-state index in [0.717, 1.165) is 12.8 Å². The van der Waals surface area contributed by atoms with Crippen LogP contribution in [0.3, 0.4) is 0 Å². The molecule has 0 spiro atoms. The van der Waals surface area contributed by atoms with E-state index in [-0.39, 0.29) is 18.5 Å². The summed E-state index contributed by atoms with van der Waals surface area (Å²) in [6, 6.07) is 10.1. The van der Waals surface area contributed by atoms with Gasteiger partial charge >= 0.3 is 5.97 Å². The van der Waals surface area contributed by atoms with Crippen molar-refractivity contribution in [3.63, 3.8) is 0 Å². The first kappa shape index (κ1) is 11.1. The van der Waals surface area contributed by atoms with Crippen molar-refractivity contribution >= 4 is 5.97 Å². The number of aliphatic hydroxyl groups excluding tert-OH is 1. The fraction of sp³-hybridized carbons (Fsp3) is 0.462. The molecule has 1 fully saturated rings. The van der Waals surface area contributed by atoms with Crippen molar-refractivity contribution in [1.82, 2.24) is 0 Å². The van der Waals surface area contributed by atoms with Crippen molar-refractivity contribution in [1.29, 1.82) is 0 Å². The number of hydrogen-bond acceptors (Lipinski definition) is 3. The van der Waals surface area contributed by atoms with Crippen LogP contribution < -0.4 is 0 Å². The van der Waals surface area contributed by atoms with Crippen molar-refractivity contribution in [2.45, 2.75) is 37.9 Å². The Labute approximate surface area is 95.0 Å². The first-order chi connectivity index (χ1) is 7.74. The molecule has 0 radical (unpaired) electrons. The normalized spacial score (nSPS) is 25.2. The van der Waals surface area contributed by atoms with E-state index < -0.39 is 6.10 Å². The van der Waals surface area contributed by atoms with Gasteiger partial charge in [-0.25, -0.2) is 0 Å². The van der Waals surface area contributed by atoms with Gasteiger partial charge in [0.25, 0.3) is 0 Å². The number of hydrogen-bond donors (Lipinski definition) is 1. The van der Waals surface area contributed by atoms with Gasteiger partial charge in [0.1, 0.15) is 6.10 Å². The summed E-state index contributed by atoms with van der Waals surface area (Å²) in [6.45, 7) is 0. The maximum Gasteiger partial charge on any atom is 0.308 e. The van der Waals surface area contributed by atoms with Gasteiger partial charge in [0, 0.05) is 6.42 Å². The van der Waals surface area contributed by atoms with Gasteiger partial charge in [-0.2, -0.15) is 0 Å². The molecule has 2 atom stereocenters. The molecule has 1 aliphatic rings. The van der Waals surface area contributed by atoms with Crippen molar-refractivity contribution < 1.29 is 14.6 Å². The molecule has 3 nitrogen and oxygen atoms in total. The van der Waals surface area contributed by atoms with Crippen molar-refractivity contribution in [3.8, 4) is 0 Å². The van der Waals surface area contributed by atoms with Crippen LogP contribution in [-0.2, 0) is 16.0 Å². The molecule has 2 rings (SSSR count). The quantitative estimate of drug-likeness (QED) is 0.788. The fourth-order valence-electron chi connectivity index (χ4n) is 2.01. The lowest BCUT2D eigenvalue weighted by Gasteiger charge is -2.25. The fourth-order valence-corrected chi connectivity index (χ4v) is 2.01. The highest BCUT2D eigenvalue weighted by molar-refractivity contribution is 5.70. The van der Waals surface area contributed by atoms with Gasteiger partial charge < -0.3 is 9.84 Å². The Morgan fingerprint density at radius 1 is 1.31 bits per heavy atom. The molecule has 0 aromatic heterocycles. The lowest BCUT2D eigenvalue weighted by Crippen LogP contribution is -2.32. The zero-order valence-corrected chi connectivity index (χ0v) is 9.13. The molecule has 1 aromatic rings. The van der Waals surface area contributed by atoms with Gasteiger partial charge in [-0.05, 0) is 18.4 Å². The van der Waals surface area contributed by atoms with E-state index >= 15 is 0 Å². The zero-order valence-electron chi connectivity index (χ0n) is 9.13. The summed E-state index contributed by atoms with van der Waals surface area (Å²) < 4.78 is 5.18. The topological polar surface area (TPSA) is 46.5 Å². The van der Waals surface area contributed by atoms with Crippen LogP contribution in [0.1, 0.15) is 24.8 Å². The molecule has 1 unspecified atom stereocenters. The Morgan fingerprint density at radius 3 is 2.75 bits per heavy atom. The molecule has 1 aliphatic heterocycles. The number of rotatable bonds is 3. The number of aliphatic hydroxyl groups is 1. The van der Waals surface area contributed by atoms with Crippen LogP contribution in [0.25, 0.3) is 0 Å². The molecule has 1 N–H and O–H groups in total. The van der Waals surface area contributed by atoms with Crippen LogP contribution in [0.5, 0.6) is 0 Å². The minimum absolute atomic E-state index is 0.128. The minimum Gasteiger partial charge on any atom is -0.462 e. The molecule has 1 saturated heterocycles. The van der Waals surface area contributed by atoms with Gasteiger partial charge in [0.05, 0.1) is 12.5 Å². The smallest absolute Gasteiger partial charge is 0.308 e. The molecule has 1 heterocycles. The average molecular weight is 220 g/mol. The third-order valence-electron chi connectivity index (χ3n) is 2.83. The molecule has 3 heteroatoms. The summed E-state index contributed by atoms with van der Waals surface area (Å²) in [5.41, 5.74) is 1.23. The number of cyclic esters (lactones) is 1. The Morgan fingerprint density at radius 2 is 2.06 bits per heavy atom. The monoisotopic (exact) mass is 220 g/mol. The van der Waals surface area contributed by atoms with Crippen LogP contribution >= 0.6 is 0 Å². The first-order valence-corrected chi connectivity index (χ1v) is 5.65. The van der Waals surface area contributed by atoms with Gasteiger partial charge in [-0.1, -0.05) is 30.3 Å². The summed E-state index contributed by atoms with van der Waals surface area (Å²) in [7, 11) is 0. The van der Waals surface area contributed by atoms with Crippen molar-refractivity contribution in [3.05, 3.63) is 35.9 Å². The van der Waals surface area contributed by atoms with Crippen LogP contribution in [0.15, 0.2) is 30.3 Å². The second-order valence-electron chi connectivity index (χ2n) is 4.23. The highest BCUT2D eigenvalue weighted by Gasteiger charge is 2.26. The van der Waals surface area contributed by atoms with Crippen LogP contribution in [0.4, 0.5) is 0 Å². The van der Waals surface area contributed by atoms with E-state index in [2.05, 4.69) is 12.1 Å². The van der Waals surface area contributed by atoms with Crippen LogP contribution in [0.2, 0.25) is 0 Å². The summed E-state index contributed by atoms with van der Waals surface area (Å²) >= 11 is 0. The SMILES string of the molecule is O=C1CC(O)C[C@@H](CCc2ccccc2)O1. The minimum atomic E-state index is -0.526. The molecule has 86 valence electrons. The number of ether oxygens (including phenoxy) is 1. The number of esters is 1. The molecular weight excluding hydrogens is 204 g/mol. The lowest BCUT2D eigenvalue weighted by atomic mass is 9.99. The predicted octanol–water partition coefficient (Wildman–Crippen LogP) is 1.69. The van der Waals surface area contributed by atoms with E-state index in [0.29, 0.717) is 6.42 Å². The number of benzene rings is 1. The number of carbonyl (C=O) groups excluding carboxylic acids is 1. The van der Waals surface area contributed by atoms with Gasteiger partial charge in [-0.3, -0.25) is 4.79 Å². The van der Waals surface area contributed by atoms with Gasteiger partial charge in [0.15, 0.2) is 0 Å². The standard InChI is InChI=1S/C13H16O3/c14-11-8-12(16-13(15)9-11)7-6-10-4-2-1-3-5-10/h1-5,11-12,14H,6-9H2/t11?,12-/m1/s1. The van der Waals surface area contributed by atoms with Crippen molar-refractivity contribution in [2.24, 2.45) is 0 Å². The molecule has 16 heavy (non-hydrogen) atoms. The van der Waals surface area contributed by atoms with Gasteiger partial charge in [0.2, 0.25) is 0 Å². The Balaban J connectivity index is 1.84. The second-order valence-corrected chi connectivity index (χ2v) is 4.23. The Hall–Kier alpha value is -1.35. The molecular formula is C13H16O3. The maximum atomic E-state index is 11.1. The van der Waals surface area contributed by atoms with Crippen molar-refractivity contribution in [2.75, 3.05) is 0 Å². The number of carbonyl (C=O) groups is 1. The van der Waals surface area contributed by atoms with Crippen LogP contribution in [-0.4, -0.2) is 23.3 Å². The molecule has 0 saturated carbocycles. The van der Waals surface area contributed by atoms with E-state index in [1.807, 2.05) is 18.2 Å². The Bertz CT molecular complexity index is 347. The molecule has 0 bridgehead atoms.